The van der Waals surface area contributed by atoms with E-state index in [1.54, 1.807) is 0 Å². The molecule has 21 heteroatoms. The van der Waals surface area contributed by atoms with Crippen molar-refractivity contribution in [1.29, 1.82) is 0 Å². The summed E-state index contributed by atoms with van der Waals surface area (Å²) in [6, 6.07) is 0. The number of carbonyl (C=O) groups is 1. The number of hydrogen-bond donors (Lipinski definition) is 12. The molecule has 0 aromatic carbocycles. The highest BCUT2D eigenvalue weighted by atomic mass is 16.8. The van der Waals surface area contributed by atoms with Crippen LogP contribution in [0.3, 0.4) is 0 Å². The third-order valence-corrected chi connectivity index (χ3v) is 21.6. The lowest BCUT2D eigenvalue weighted by molar-refractivity contribution is -0.366. The van der Waals surface area contributed by atoms with Gasteiger partial charge in [0.15, 0.2) is 25.0 Å². The fraction of sp³-hybridized carbons (Fsp3) is 0.981. The van der Waals surface area contributed by atoms with E-state index in [2.05, 4.69) is 48.5 Å². The number of rotatable bonds is 10. The highest BCUT2D eigenvalue weighted by Gasteiger charge is 2.72. The molecule has 21 nitrogen and oxygen atoms in total. The summed E-state index contributed by atoms with van der Waals surface area (Å²) >= 11 is 0. The predicted octanol–water partition coefficient (Wildman–Crippen LogP) is -0.289. The van der Waals surface area contributed by atoms with E-state index in [4.69, 9.17) is 37.9 Å². The lowest BCUT2D eigenvalue weighted by Crippen LogP contribution is -2.68. The lowest BCUT2D eigenvalue weighted by Gasteiger charge is -2.73. The summed E-state index contributed by atoms with van der Waals surface area (Å²) in [6.45, 7) is 16.3. The fourth-order valence-corrected chi connectivity index (χ4v) is 16.9. The zero-order valence-corrected chi connectivity index (χ0v) is 44.3. The van der Waals surface area contributed by atoms with Crippen LogP contribution in [0.15, 0.2) is 0 Å². The average Bonchev–Trinajstić information content (AvgIpc) is 3.35. The molecular weight excluding hydrogens is 973 g/mol. The number of aliphatic hydroxyl groups excluding tert-OH is 12. The summed E-state index contributed by atoms with van der Waals surface area (Å²) in [5, 5.41) is 128. The van der Waals surface area contributed by atoms with Crippen LogP contribution in [0.1, 0.15) is 126 Å². The first-order valence-electron chi connectivity index (χ1n) is 27.4. The maximum absolute atomic E-state index is 15.6. The van der Waals surface area contributed by atoms with Gasteiger partial charge in [0, 0.05) is 0 Å². The van der Waals surface area contributed by atoms with Crippen LogP contribution >= 0.6 is 0 Å². The summed E-state index contributed by atoms with van der Waals surface area (Å²) in [5.41, 5.74) is -1.78. The van der Waals surface area contributed by atoms with E-state index >= 15 is 4.79 Å². The van der Waals surface area contributed by atoms with Gasteiger partial charge in [-0.3, -0.25) is 4.79 Å². The SMILES string of the molecule is CC1OC(OC2C(OC(=O)C34CCC(C)(C)CC3C3CCC5C6(C)CCC(OC7OCC(O)C(O)C7O)C(C)(C)C6CCC5(C)C3(C)CC4)OC(COC3OC(CO)C(O)C(O)C3O)C(O)C2O)C(O)C(O)C1O. The maximum Gasteiger partial charge on any atom is 0.314 e. The van der Waals surface area contributed by atoms with Crippen LogP contribution in [0.4, 0.5) is 0 Å². The molecule has 28 unspecified atom stereocenters. The van der Waals surface area contributed by atoms with Crippen molar-refractivity contribution in [1.82, 2.24) is 0 Å². The second-order valence-electron chi connectivity index (χ2n) is 26.3. The molecule has 5 aliphatic carbocycles. The Balaban J connectivity index is 0.969. The normalized spacial score (nSPS) is 55.2. The molecule has 4 saturated heterocycles. The van der Waals surface area contributed by atoms with Gasteiger partial charge < -0.3 is 99.2 Å². The molecule has 0 aromatic rings. The molecule has 0 amide bonds. The van der Waals surface area contributed by atoms with Crippen molar-refractivity contribution < 1.29 is 104 Å². The van der Waals surface area contributed by atoms with Crippen LogP contribution in [-0.4, -0.2) is 210 Å². The Morgan fingerprint density at radius 2 is 1.19 bits per heavy atom. The molecule has 9 aliphatic rings. The van der Waals surface area contributed by atoms with Crippen LogP contribution < -0.4 is 0 Å². The van der Waals surface area contributed by atoms with Gasteiger partial charge in [-0.05, 0) is 128 Å². The molecule has 12 N–H and O–H groups in total. The Morgan fingerprint density at radius 1 is 0.554 bits per heavy atom. The van der Waals surface area contributed by atoms with Gasteiger partial charge in [-0.15, -0.1) is 0 Å². The zero-order valence-electron chi connectivity index (χ0n) is 44.3. The molecule has 9 rings (SSSR count). The zero-order chi connectivity index (χ0) is 54.0. The number of esters is 1. The van der Waals surface area contributed by atoms with Gasteiger partial charge in [0.1, 0.15) is 79.4 Å². The third-order valence-electron chi connectivity index (χ3n) is 21.6. The van der Waals surface area contributed by atoms with E-state index in [1.165, 1.54) is 6.92 Å². The van der Waals surface area contributed by atoms with Crippen molar-refractivity contribution >= 4 is 5.97 Å². The summed E-state index contributed by atoms with van der Waals surface area (Å²) in [7, 11) is 0. The number of fused-ring (bicyclic) bond motifs is 7. The summed E-state index contributed by atoms with van der Waals surface area (Å²) < 4.78 is 48.1. The quantitative estimate of drug-likeness (QED) is 0.0988. The van der Waals surface area contributed by atoms with Crippen LogP contribution in [-0.2, 0) is 42.7 Å². The number of aliphatic hydroxyl groups is 12. The van der Waals surface area contributed by atoms with Crippen LogP contribution in [0.5, 0.6) is 0 Å². The van der Waals surface area contributed by atoms with E-state index < -0.39 is 141 Å². The highest BCUT2D eigenvalue weighted by molar-refractivity contribution is 5.78. The van der Waals surface area contributed by atoms with Crippen molar-refractivity contribution in [2.45, 2.75) is 249 Å². The third kappa shape index (κ3) is 9.35. The second kappa shape index (κ2) is 20.7. The van der Waals surface area contributed by atoms with Crippen LogP contribution in [0.2, 0.25) is 0 Å². The van der Waals surface area contributed by atoms with Crippen molar-refractivity contribution in [2.75, 3.05) is 19.8 Å². The lowest BCUT2D eigenvalue weighted by atomic mass is 9.31. The molecule has 0 radical (unpaired) electrons. The van der Waals surface area contributed by atoms with Crippen LogP contribution in [0.25, 0.3) is 0 Å². The molecule has 28 atom stereocenters. The summed E-state index contributed by atoms with van der Waals surface area (Å²) in [6.07, 6.45) is -21.2. The molecule has 0 bridgehead atoms. The topological polar surface area (TPSA) is 334 Å². The average molecular weight is 1060 g/mol. The van der Waals surface area contributed by atoms with Crippen LogP contribution in [0, 0.1) is 56.2 Å². The van der Waals surface area contributed by atoms with E-state index in [0.29, 0.717) is 18.8 Å². The van der Waals surface area contributed by atoms with Gasteiger partial charge in [0.05, 0.1) is 37.4 Å². The molecule has 0 spiro atoms. The van der Waals surface area contributed by atoms with Crippen molar-refractivity contribution in [3.8, 4) is 0 Å². The molecule has 74 heavy (non-hydrogen) atoms. The number of hydrogen-bond acceptors (Lipinski definition) is 21. The van der Waals surface area contributed by atoms with E-state index in [-0.39, 0.29) is 57.5 Å². The minimum atomic E-state index is -1.90. The van der Waals surface area contributed by atoms with E-state index in [0.717, 1.165) is 57.8 Å². The van der Waals surface area contributed by atoms with Gasteiger partial charge in [-0.2, -0.15) is 0 Å². The second-order valence-corrected chi connectivity index (χ2v) is 26.3. The van der Waals surface area contributed by atoms with Gasteiger partial charge in [-0.1, -0.05) is 48.5 Å². The first kappa shape index (κ1) is 57.4. The molecule has 426 valence electrons. The highest BCUT2D eigenvalue weighted by Crippen LogP contribution is 2.77. The largest absolute Gasteiger partial charge is 0.432 e. The number of carbonyl (C=O) groups excluding carboxylic acids is 1. The Kier molecular flexibility index (Phi) is 16.0. The molecule has 5 saturated carbocycles. The molecule has 4 heterocycles. The molecule has 9 fully saturated rings. The minimum absolute atomic E-state index is 0.0608. The van der Waals surface area contributed by atoms with Crippen molar-refractivity contribution in [2.24, 2.45) is 56.2 Å². The Bertz CT molecular complexity index is 1980. The number of ether oxygens (including phenoxy) is 8. The molecule has 0 aromatic heterocycles. The van der Waals surface area contributed by atoms with Gasteiger partial charge >= 0.3 is 5.97 Å². The Labute approximate surface area is 433 Å². The van der Waals surface area contributed by atoms with Gasteiger partial charge in [0.2, 0.25) is 6.29 Å². The molecule has 4 aliphatic heterocycles. The van der Waals surface area contributed by atoms with E-state index in [1.807, 2.05) is 0 Å². The van der Waals surface area contributed by atoms with Gasteiger partial charge in [0.25, 0.3) is 0 Å². The first-order chi connectivity index (χ1) is 34.6. The Morgan fingerprint density at radius 3 is 1.89 bits per heavy atom. The maximum atomic E-state index is 15.6. The predicted molar refractivity (Wildman–Crippen MR) is 255 cm³/mol. The fourth-order valence-electron chi connectivity index (χ4n) is 16.9. The standard InChI is InChI=1S/C53H88O21/c1-23-32(56)36(60)41(65)45(69-23)73-42-38(62)35(59)28(22-68-43-40(64)37(61)34(58)27(20-54)70-43)71-46(42)74-47(66)53-17-15-48(2,3)19-25(53)24-9-10-30-50(6)13-12-31(72-44-39(63)33(57)26(55)21-67-44)49(4,5)29(50)11-14-52(30,8)51(24,7)16-18-53/h23-46,54-65H,9-22H2,1-8H3. The smallest absolute Gasteiger partial charge is 0.314 e. The van der Waals surface area contributed by atoms with Gasteiger partial charge in [-0.25, -0.2) is 0 Å². The van der Waals surface area contributed by atoms with E-state index in [9.17, 15) is 61.3 Å². The monoisotopic (exact) mass is 1060 g/mol. The summed E-state index contributed by atoms with van der Waals surface area (Å²) in [4.78, 5) is 15.6. The van der Waals surface area contributed by atoms with Crippen molar-refractivity contribution in [3.05, 3.63) is 0 Å². The van der Waals surface area contributed by atoms with Crippen molar-refractivity contribution in [3.63, 3.8) is 0 Å². The Hall–Kier alpha value is -1.29. The molecular formula is C53H88O21. The summed E-state index contributed by atoms with van der Waals surface area (Å²) in [5.74, 6) is 0.0554. The first-order valence-corrected chi connectivity index (χ1v) is 27.4. The minimum Gasteiger partial charge on any atom is -0.432 e.